The largest absolute Gasteiger partial charge is 0.458 e. The number of aliphatic hydroxyl groups is 1. The van der Waals surface area contributed by atoms with Crippen LogP contribution in [0.4, 0.5) is 0 Å². The Kier molecular flexibility index (Phi) is 9.13. The van der Waals surface area contributed by atoms with E-state index in [9.17, 15) is 9.90 Å². The number of fused-ring (bicyclic) bond motifs is 1. The van der Waals surface area contributed by atoms with Crippen molar-refractivity contribution < 1.29 is 19.1 Å². The number of nitrogens with zero attached hydrogens (tertiary/aromatic N) is 2. The summed E-state index contributed by atoms with van der Waals surface area (Å²) in [7, 11) is -1.82. The zero-order valence-corrected chi connectivity index (χ0v) is 21.8. The molecule has 2 heterocycles. The van der Waals surface area contributed by atoms with Gasteiger partial charge in [-0.15, -0.1) is 0 Å². The average molecular weight is 466 g/mol. The van der Waals surface area contributed by atoms with Crippen LogP contribution in [-0.2, 0) is 14.0 Å². The van der Waals surface area contributed by atoms with E-state index in [1.54, 1.807) is 6.08 Å². The molecule has 0 amide bonds. The minimum atomic E-state index is -1.82. The second-order valence-electron chi connectivity index (χ2n) is 10.5. The zero-order chi connectivity index (χ0) is 24.1. The number of aliphatic hydroxyl groups excluding tert-OH is 1. The summed E-state index contributed by atoms with van der Waals surface area (Å²) in [5.41, 5.74) is 7.66. The highest BCUT2D eigenvalue weighted by molar-refractivity contribution is 6.74. The fraction of sp³-hybridized carbons (Fsp3) is 0.750. The molecule has 0 spiro atoms. The van der Waals surface area contributed by atoms with Crippen molar-refractivity contribution in [3.05, 3.63) is 23.9 Å². The summed E-state index contributed by atoms with van der Waals surface area (Å²) in [6, 6.07) is -0.0483. The van der Waals surface area contributed by atoms with E-state index in [4.69, 9.17) is 14.9 Å². The van der Waals surface area contributed by atoms with Crippen LogP contribution in [0.3, 0.4) is 0 Å². The van der Waals surface area contributed by atoms with E-state index in [0.717, 1.165) is 31.4 Å². The molecule has 0 aromatic rings. The Labute approximate surface area is 194 Å². The molecule has 182 valence electrons. The molecule has 1 fully saturated rings. The normalized spacial score (nSPS) is 22.5. The van der Waals surface area contributed by atoms with E-state index in [1.165, 1.54) is 0 Å². The summed E-state index contributed by atoms with van der Waals surface area (Å²) < 4.78 is 11.9. The summed E-state index contributed by atoms with van der Waals surface area (Å²) in [5, 5.41) is 9.59. The predicted molar refractivity (Wildman–Crippen MR) is 132 cm³/mol. The number of nitrogens with two attached hydrogens (primary N) is 1. The summed E-state index contributed by atoms with van der Waals surface area (Å²) in [6.45, 7) is 17.3. The molecule has 1 saturated heterocycles. The predicted octanol–water partition coefficient (Wildman–Crippen LogP) is 4.09. The van der Waals surface area contributed by atoms with Gasteiger partial charge in [0.25, 0.3) is 0 Å². The Hall–Kier alpha value is -1.64. The van der Waals surface area contributed by atoms with E-state index in [1.807, 2.05) is 4.90 Å². The highest BCUT2D eigenvalue weighted by atomic mass is 28.4. The molecule has 2 rings (SSSR count). The van der Waals surface area contributed by atoms with E-state index in [0.29, 0.717) is 24.4 Å². The fourth-order valence-corrected chi connectivity index (χ4v) is 5.82. The molecular weight excluding hydrogens is 422 g/mol. The van der Waals surface area contributed by atoms with Crippen molar-refractivity contribution in [1.29, 1.82) is 0 Å². The maximum atomic E-state index is 12.9. The molecular formula is C24H43N3O4Si. The highest BCUT2D eigenvalue weighted by Gasteiger charge is 2.43. The number of ether oxygens (including phenoxy) is 1. The van der Waals surface area contributed by atoms with E-state index in [-0.39, 0.29) is 42.4 Å². The number of esters is 1. The smallest absolute Gasteiger partial charge is 0.338 e. The number of aliphatic imine (C=N–C) groups is 1. The van der Waals surface area contributed by atoms with Gasteiger partial charge in [0.1, 0.15) is 6.61 Å². The van der Waals surface area contributed by atoms with Crippen LogP contribution in [0.2, 0.25) is 18.1 Å². The van der Waals surface area contributed by atoms with Crippen LogP contribution in [0.15, 0.2) is 28.9 Å². The molecule has 32 heavy (non-hydrogen) atoms. The Morgan fingerprint density at radius 3 is 2.69 bits per heavy atom. The van der Waals surface area contributed by atoms with Crippen LogP contribution in [0.1, 0.15) is 66.2 Å². The summed E-state index contributed by atoms with van der Waals surface area (Å²) in [5.74, 6) is 0.0909. The van der Waals surface area contributed by atoms with Crippen LogP contribution in [0.5, 0.6) is 0 Å². The summed E-state index contributed by atoms with van der Waals surface area (Å²) in [4.78, 5) is 19.6. The number of rotatable bonds is 11. The zero-order valence-electron chi connectivity index (χ0n) is 20.8. The Morgan fingerprint density at radius 2 is 2.09 bits per heavy atom. The Morgan fingerprint density at radius 1 is 1.41 bits per heavy atom. The van der Waals surface area contributed by atoms with Crippen molar-refractivity contribution in [3.8, 4) is 0 Å². The topological polar surface area (TPSA) is 97.4 Å². The van der Waals surface area contributed by atoms with Gasteiger partial charge in [0.2, 0.25) is 0 Å². The highest BCUT2D eigenvalue weighted by Crippen LogP contribution is 2.39. The third-order valence-electron chi connectivity index (χ3n) is 7.00. The van der Waals surface area contributed by atoms with Crippen molar-refractivity contribution in [1.82, 2.24) is 4.90 Å². The van der Waals surface area contributed by atoms with Gasteiger partial charge in [-0.2, -0.15) is 0 Å². The third-order valence-corrected chi connectivity index (χ3v) is 11.6. The molecule has 2 aliphatic heterocycles. The molecule has 0 aromatic carbocycles. The second kappa shape index (κ2) is 11.0. The van der Waals surface area contributed by atoms with Gasteiger partial charge in [-0.05, 0) is 63.6 Å². The third kappa shape index (κ3) is 6.23. The van der Waals surface area contributed by atoms with Crippen LogP contribution in [0.25, 0.3) is 0 Å². The van der Waals surface area contributed by atoms with Gasteiger partial charge in [-0.3, -0.25) is 0 Å². The molecule has 3 N–H and O–H groups in total. The van der Waals surface area contributed by atoms with Crippen LogP contribution in [0, 0.1) is 0 Å². The lowest BCUT2D eigenvalue weighted by Gasteiger charge is -2.38. The van der Waals surface area contributed by atoms with Gasteiger partial charge in [-0.25, -0.2) is 9.79 Å². The van der Waals surface area contributed by atoms with Gasteiger partial charge in [0, 0.05) is 18.8 Å². The number of allylic oxidation sites excluding steroid dienone is 1. The molecule has 7 nitrogen and oxygen atoms in total. The standard InChI is InChI=1S/C24H43N3O4Si/c1-8-16-30-22(29)21-19(11-9-10-17(2)31-32(6,7)24(3,4)5)26-23(25)27-18(14-15-28)12-13-20(21)27/h8,17-18,20,28H,1,9-16H2,2-7H3,(H2,25,26). The van der Waals surface area contributed by atoms with E-state index in [2.05, 4.69) is 52.4 Å². The lowest BCUT2D eigenvalue weighted by molar-refractivity contribution is -0.138. The molecule has 0 radical (unpaired) electrons. The van der Waals surface area contributed by atoms with Crippen molar-refractivity contribution in [3.63, 3.8) is 0 Å². The van der Waals surface area contributed by atoms with Gasteiger partial charge >= 0.3 is 5.97 Å². The number of hydrogen-bond acceptors (Lipinski definition) is 7. The van der Waals surface area contributed by atoms with E-state index < -0.39 is 8.32 Å². The second-order valence-corrected chi connectivity index (χ2v) is 15.2. The van der Waals surface area contributed by atoms with Crippen LogP contribution >= 0.6 is 0 Å². The molecule has 0 aliphatic carbocycles. The SMILES string of the molecule is C=CCOC(=O)C1=C(CCCC(C)O[Si](C)(C)C(C)(C)C)N=C(N)N2C(CCO)CCC12. The monoisotopic (exact) mass is 465 g/mol. The first kappa shape index (κ1) is 26.6. The first-order valence-electron chi connectivity index (χ1n) is 11.8. The lowest BCUT2D eigenvalue weighted by Crippen LogP contribution is -2.50. The first-order chi connectivity index (χ1) is 14.9. The van der Waals surface area contributed by atoms with Gasteiger partial charge < -0.3 is 24.9 Å². The van der Waals surface area contributed by atoms with Crippen molar-refractivity contribution in [2.45, 2.75) is 103 Å². The first-order valence-corrected chi connectivity index (χ1v) is 14.8. The lowest BCUT2D eigenvalue weighted by atomic mass is 9.98. The van der Waals surface area contributed by atoms with Crippen LogP contribution in [-0.4, -0.2) is 61.7 Å². The number of carbonyl (C=O) groups is 1. The number of carbonyl (C=O) groups excluding carboxylic acids is 1. The maximum absolute atomic E-state index is 12.9. The molecule has 3 unspecified atom stereocenters. The van der Waals surface area contributed by atoms with Crippen molar-refractivity contribution in [2.24, 2.45) is 10.7 Å². The maximum Gasteiger partial charge on any atom is 0.338 e. The molecule has 0 bridgehead atoms. The number of guanidine groups is 1. The van der Waals surface area contributed by atoms with Gasteiger partial charge in [0.15, 0.2) is 14.3 Å². The van der Waals surface area contributed by atoms with Crippen molar-refractivity contribution >= 4 is 20.2 Å². The summed E-state index contributed by atoms with van der Waals surface area (Å²) in [6.07, 6.45) is 6.39. The quantitative estimate of drug-likeness (QED) is 0.271. The van der Waals surface area contributed by atoms with Gasteiger partial charge in [0.05, 0.1) is 17.3 Å². The molecule has 0 aromatic heterocycles. The average Bonchev–Trinajstić information content (AvgIpc) is 3.09. The molecule has 2 aliphatic rings. The molecule has 8 heteroatoms. The Bertz CT molecular complexity index is 742. The van der Waals surface area contributed by atoms with Crippen LogP contribution < -0.4 is 5.73 Å². The minimum Gasteiger partial charge on any atom is -0.458 e. The summed E-state index contributed by atoms with van der Waals surface area (Å²) >= 11 is 0. The minimum absolute atomic E-state index is 0.0834. The molecule has 0 saturated carbocycles. The fourth-order valence-electron chi connectivity index (χ4n) is 4.35. The number of hydrogen-bond donors (Lipinski definition) is 2. The molecule has 3 atom stereocenters. The van der Waals surface area contributed by atoms with E-state index >= 15 is 0 Å². The Balaban J connectivity index is 2.14. The van der Waals surface area contributed by atoms with Crippen molar-refractivity contribution in [2.75, 3.05) is 13.2 Å². The van der Waals surface area contributed by atoms with Gasteiger partial charge in [-0.1, -0.05) is 33.4 Å².